The fourth-order valence-electron chi connectivity index (χ4n) is 2.79. The number of piperidine rings is 1. The molecule has 1 aromatic carbocycles. The molecule has 0 unspecified atom stereocenters. The molecule has 0 aliphatic carbocycles. The first-order valence-electron chi connectivity index (χ1n) is 8.70. The Hall–Kier alpha value is -1.46. The summed E-state index contributed by atoms with van der Waals surface area (Å²) in [4.78, 5) is 14.5. The van der Waals surface area contributed by atoms with Crippen LogP contribution in [0.25, 0.3) is 0 Å². The van der Waals surface area contributed by atoms with E-state index in [-0.39, 0.29) is 11.9 Å². The molecule has 2 N–H and O–H groups in total. The summed E-state index contributed by atoms with van der Waals surface area (Å²) in [5.41, 5.74) is 6.49. The number of hydrogen-bond acceptors (Lipinski definition) is 4. The Kier molecular flexibility index (Phi) is 7.18. The topological polar surface area (TPSA) is 64.8 Å². The summed E-state index contributed by atoms with van der Waals surface area (Å²) in [7, 11) is 0. The summed E-state index contributed by atoms with van der Waals surface area (Å²) in [6, 6.07) is 3.42. The molecule has 24 heavy (non-hydrogen) atoms. The Balaban J connectivity index is 2.22. The van der Waals surface area contributed by atoms with Crippen LogP contribution in [0.3, 0.4) is 0 Å². The number of carbonyl (C=O) groups excluding carboxylic acids is 1. The van der Waals surface area contributed by atoms with E-state index in [2.05, 4.69) is 6.92 Å². The van der Waals surface area contributed by atoms with Crippen molar-refractivity contribution in [2.45, 2.75) is 45.6 Å². The van der Waals surface area contributed by atoms with Crippen LogP contribution in [0, 0.1) is 0 Å². The molecular weight excluding hydrogens is 328 g/mol. The molecule has 2 rings (SSSR count). The van der Waals surface area contributed by atoms with E-state index in [1.807, 2.05) is 6.92 Å². The third-order valence-corrected chi connectivity index (χ3v) is 4.33. The normalized spacial score (nSPS) is 17.7. The Bertz CT molecular complexity index is 565. The van der Waals surface area contributed by atoms with E-state index in [1.165, 1.54) is 0 Å². The second kappa shape index (κ2) is 9.14. The number of ether oxygens (including phenoxy) is 2. The van der Waals surface area contributed by atoms with Crippen molar-refractivity contribution in [2.75, 3.05) is 26.3 Å². The smallest absolute Gasteiger partial charge is 0.254 e. The summed E-state index contributed by atoms with van der Waals surface area (Å²) in [6.07, 6.45) is 3.86. The zero-order valence-electron chi connectivity index (χ0n) is 14.5. The van der Waals surface area contributed by atoms with Crippen LogP contribution in [0.2, 0.25) is 5.02 Å². The molecule has 0 radical (unpaired) electrons. The van der Waals surface area contributed by atoms with Gasteiger partial charge in [0.15, 0.2) is 11.5 Å². The highest BCUT2D eigenvalue weighted by Crippen LogP contribution is 2.37. The first-order valence-corrected chi connectivity index (χ1v) is 9.08. The summed E-state index contributed by atoms with van der Waals surface area (Å²) in [5.74, 6) is 0.970. The van der Waals surface area contributed by atoms with Crippen molar-refractivity contribution in [3.63, 3.8) is 0 Å². The number of hydrogen-bond donors (Lipinski definition) is 1. The molecule has 1 fully saturated rings. The maximum Gasteiger partial charge on any atom is 0.254 e. The Morgan fingerprint density at radius 1 is 1.38 bits per heavy atom. The van der Waals surface area contributed by atoms with Gasteiger partial charge in [-0.3, -0.25) is 4.79 Å². The molecule has 0 bridgehead atoms. The number of likely N-dealkylation sites (tertiary alicyclic amines) is 1. The molecule has 0 aromatic heterocycles. The highest BCUT2D eigenvalue weighted by molar-refractivity contribution is 6.32. The third kappa shape index (κ3) is 4.77. The van der Waals surface area contributed by atoms with Gasteiger partial charge in [-0.05, 0) is 38.3 Å². The molecule has 1 saturated heterocycles. The fraction of sp³-hybridized carbons (Fsp3) is 0.611. The number of rotatable bonds is 7. The lowest BCUT2D eigenvalue weighted by atomic mass is 10.1. The number of nitrogens with two attached hydrogens (primary N) is 1. The number of benzene rings is 1. The Morgan fingerprint density at radius 3 is 2.83 bits per heavy atom. The second-order valence-corrected chi connectivity index (χ2v) is 6.48. The molecule has 1 aliphatic rings. The van der Waals surface area contributed by atoms with Gasteiger partial charge in [0.05, 0.1) is 18.2 Å². The minimum Gasteiger partial charge on any atom is -0.490 e. The average molecular weight is 355 g/mol. The lowest BCUT2D eigenvalue weighted by Crippen LogP contribution is -2.45. The van der Waals surface area contributed by atoms with Gasteiger partial charge in [0, 0.05) is 24.7 Å². The van der Waals surface area contributed by atoms with E-state index in [0.717, 1.165) is 32.2 Å². The van der Waals surface area contributed by atoms with Gasteiger partial charge in [-0.1, -0.05) is 24.9 Å². The van der Waals surface area contributed by atoms with E-state index < -0.39 is 0 Å². The third-order valence-electron chi connectivity index (χ3n) is 4.05. The Morgan fingerprint density at radius 2 is 2.17 bits per heavy atom. The summed E-state index contributed by atoms with van der Waals surface area (Å²) >= 11 is 6.36. The van der Waals surface area contributed by atoms with Crippen LogP contribution in [0.4, 0.5) is 0 Å². The van der Waals surface area contributed by atoms with Crippen LogP contribution < -0.4 is 15.2 Å². The molecule has 0 saturated carbocycles. The SMILES string of the molecule is CCCCOc1c(Cl)cc(C(=O)N2CCC[C@@H](N)C2)cc1OCC. The minimum absolute atomic E-state index is 0.0428. The Labute approximate surface area is 149 Å². The van der Waals surface area contributed by atoms with Crippen molar-refractivity contribution in [1.29, 1.82) is 0 Å². The minimum atomic E-state index is -0.0619. The van der Waals surface area contributed by atoms with E-state index >= 15 is 0 Å². The van der Waals surface area contributed by atoms with Gasteiger partial charge in [0.2, 0.25) is 0 Å². The summed E-state index contributed by atoms with van der Waals surface area (Å²) in [6.45, 7) is 6.34. The zero-order valence-corrected chi connectivity index (χ0v) is 15.3. The van der Waals surface area contributed by atoms with Gasteiger partial charge in [0.25, 0.3) is 5.91 Å². The molecule has 134 valence electrons. The first kappa shape index (κ1) is 18.9. The standard InChI is InChI=1S/C18H27ClN2O3/c1-3-5-9-24-17-15(19)10-13(11-16(17)23-4-2)18(22)21-8-6-7-14(20)12-21/h10-11,14H,3-9,12,20H2,1-2H3/t14-/m1/s1. The molecule has 6 heteroatoms. The maximum absolute atomic E-state index is 12.7. The second-order valence-electron chi connectivity index (χ2n) is 6.07. The highest BCUT2D eigenvalue weighted by Gasteiger charge is 2.24. The van der Waals surface area contributed by atoms with Gasteiger partial charge >= 0.3 is 0 Å². The number of halogens is 1. The molecule has 1 aliphatic heterocycles. The predicted octanol–water partition coefficient (Wildman–Crippen LogP) is 3.48. The molecular formula is C18H27ClN2O3. The van der Waals surface area contributed by atoms with Gasteiger partial charge < -0.3 is 20.1 Å². The summed E-state index contributed by atoms with van der Waals surface area (Å²) < 4.78 is 11.4. The largest absolute Gasteiger partial charge is 0.490 e. The van der Waals surface area contributed by atoms with Crippen molar-refractivity contribution in [3.05, 3.63) is 22.7 Å². The van der Waals surface area contributed by atoms with Gasteiger partial charge in [0.1, 0.15) is 0 Å². The van der Waals surface area contributed by atoms with Crippen molar-refractivity contribution in [1.82, 2.24) is 4.90 Å². The first-order chi connectivity index (χ1) is 11.6. The van der Waals surface area contributed by atoms with E-state index in [0.29, 0.717) is 41.8 Å². The van der Waals surface area contributed by atoms with Gasteiger partial charge in [-0.25, -0.2) is 0 Å². The lowest BCUT2D eigenvalue weighted by Gasteiger charge is -2.31. The number of nitrogens with zero attached hydrogens (tertiary/aromatic N) is 1. The van der Waals surface area contributed by atoms with Crippen LogP contribution >= 0.6 is 11.6 Å². The molecule has 0 spiro atoms. The molecule has 1 aromatic rings. The average Bonchev–Trinajstić information content (AvgIpc) is 2.56. The summed E-state index contributed by atoms with van der Waals surface area (Å²) in [5, 5.41) is 0.404. The van der Waals surface area contributed by atoms with Crippen molar-refractivity contribution < 1.29 is 14.3 Å². The number of unbranched alkanes of at least 4 members (excludes halogenated alkanes) is 1. The molecule has 1 amide bonds. The maximum atomic E-state index is 12.7. The highest BCUT2D eigenvalue weighted by atomic mass is 35.5. The van der Waals surface area contributed by atoms with Gasteiger partial charge in [-0.15, -0.1) is 0 Å². The van der Waals surface area contributed by atoms with Crippen LogP contribution in [0.15, 0.2) is 12.1 Å². The van der Waals surface area contributed by atoms with Crippen LogP contribution in [-0.2, 0) is 0 Å². The van der Waals surface area contributed by atoms with Crippen LogP contribution in [0.1, 0.15) is 49.9 Å². The van der Waals surface area contributed by atoms with E-state index in [9.17, 15) is 4.79 Å². The van der Waals surface area contributed by atoms with Crippen LogP contribution in [-0.4, -0.2) is 43.2 Å². The van der Waals surface area contributed by atoms with Crippen LogP contribution in [0.5, 0.6) is 11.5 Å². The van der Waals surface area contributed by atoms with E-state index in [4.69, 9.17) is 26.8 Å². The number of carbonyl (C=O) groups is 1. The zero-order chi connectivity index (χ0) is 17.5. The quantitative estimate of drug-likeness (QED) is 0.761. The lowest BCUT2D eigenvalue weighted by molar-refractivity contribution is 0.0708. The van der Waals surface area contributed by atoms with Crippen molar-refractivity contribution >= 4 is 17.5 Å². The monoisotopic (exact) mass is 354 g/mol. The van der Waals surface area contributed by atoms with Crippen molar-refractivity contribution in [3.8, 4) is 11.5 Å². The molecule has 1 atom stereocenters. The van der Waals surface area contributed by atoms with Gasteiger partial charge in [-0.2, -0.15) is 0 Å². The predicted molar refractivity (Wildman–Crippen MR) is 96.1 cm³/mol. The fourth-order valence-corrected chi connectivity index (χ4v) is 3.06. The molecule has 5 nitrogen and oxygen atoms in total. The van der Waals surface area contributed by atoms with E-state index in [1.54, 1.807) is 17.0 Å². The van der Waals surface area contributed by atoms with Crippen molar-refractivity contribution in [2.24, 2.45) is 5.73 Å². The molecule has 1 heterocycles. The number of amides is 1.